The fourth-order valence-corrected chi connectivity index (χ4v) is 1.60. The molecule has 0 saturated heterocycles. The quantitative estimate of drug-likeness (QED) is 0.709. The summed E-state index contributed by atoms with van der Waals surface area (Å²) in [5, 5.41) is 0. The van der Waals surface area contributed by atoms with Crippen molar-refractivity contribution in [1.29, 1.82) is 0 Å². The van der Waals surface area contributed by atoms with Gasteiger partial charge in [0, 0.05) is 6.54 Å². The summed E-state index contributed by atoms with van der Waals surface area (Å²) in [6, 6.07) is 6.81. The van der Waals surface area contributed by atoms with Crippen molar-refractivity contribution < 1.29 is 0 Å². The van der Waals surface area contributed by atoms with Gasteiger partial charge < -0.3 is 4.90 Å². The molecule has 0 aliphatic heterocycles. The van der Waals surface area contributed by atoms with E-state index in [-0.39, 0.29) is 0 Å². The molecule has 1 aromatic rings. The molecule has 0 spiro atoms. The average molecular weight is 191 g/mol. The van der Waals surface area contributed by atoms with E-state index in [2.05, 4.69) is 58.0 Å². The van der Waals surface area contributed by atoms with Crippen LogP contribution >= 0.6 is 0 Å². The maximum absolute atomic E-state index is 2.31. The molecule has 0 aliphatic rings. The Morgan fingerprint density at radius 1 is 1.21 bits per heavy atom. The zero-order chi connectivity index (χ0) is 10.7. The zero-order valence-electron chi connectivity index (χ0n) is 9.96. The van der Waals surface area contributed by atoms with Gasteiger partial charge in [0.05, 0.1) is 0 Å². The minimum atomic E-state index is 0.627. The summed E-state index contributed by atoms with van der Waals surface area (Å²) in [4.78, 5) is 2.21. The molecule has 0 aromatic heterocycles. The molecule has 0 aliphatic carbocycles. The van der Waals surface area contributed by atoms with E-state index >= 15 is 0 Å². The SMILES string of the molecule is Cc1cc(C(C)C)ccc1CN(C)C. The van der Waals surface area contributed by atoms with E-state index in [1.54, 1.807) is 0 Å². The topological polar surface area (TPSA) is 3.24 Å². The molecular weight excluding hydrogens is 170 g/mol. The van der Waals surface area contributed by atoms with Crippen molar-refractivity contribution in [2.24, 2.45) is 0 Å². The van der Waals surface area contributed by atoms with Gasteiger partial charge in [-0.3, -0.25) is 0 Å². The van der Waals surface area contributed by atoms with Gasteiger partial charge in [0.25, 0.3) is 0 Å². The molecule has 0 heterocycles. The van der Waals surface area contributed by atoms with Gasteiger partial charge in [-0.2, -0.15) is 0 Å². The second-order valence-electron chi connectivity index (χ2n) is 4.58. The Kier molecular flexibility index (Phi) is 3.70. The predicted octanol–water partition coefficient (Wildman–Crippen LogP) is 3.18. The number of hydrogen-bond donors (Lipinski definition) is 0. The third kappa shape index (κ3) is 2.85. The zero-order valence-corrected chi connectivity index (χ0v) is 9.96. The summed E-state index contributed by atoms with van der Waals surface area (Å²) < 4.78 is 0. The lowest BCUT2D eigenvalue weighted by molar-refractivity contribution is 0.401. The fourth-order valence-electron chi connectivity index (χ4n) is 1.60. The summed E-state index contributed by atoms with van der Waals surface area (Å²) >= 11 is 0. The molecule has 1 heteroatoms. The normalized spacial score (nSPS) is 11.4. The number of rotatable bonds is 3. The van der Waals surface area contributed by atoms with Crippen LogP contribution < -0.4 is 0 Å². The Morgan fingerprint density at radius 2 is 1.86 bits per heavy atom. The molecule has 1 aromatic carbocycles. The average Bonchev–Trinajstić information content (AvgIpc) is 2.07. The van der Waals surface area contributed by atoms with Gasteiger partial charge in [-0.05, 0) is 43.6 Å². The van der Waals surface area contributed by atoms with Gasteiger partial charge in [0.1, 0.15) is 0 Å². The molecule has 1 nitrogen and oxygen atoms in total. The van der Waals surface area contributed by atoms with Gasteiger partial charge in [0.15, 0.2) is 0 Å². The molecule has 0 bridgehead atoms. The van der Waals surface area contributed by atoms with E-state index in [9.17, 15) is 0 Å². The highest BCUT2D eigenvalue weighted by atomic mass is 15.0. The highest BCUT2D eigenvalue weighted by molar-refractivity contribution is 5.32. The first-order valence-corrected chi connectivity index (χ1v) is 5.25. The van der Waals surface area contributed by atoms with Crippen LogP contribution in [0.1, 0.15) is 36.5 Å². The molecule has 0 amide bonds. The first-order valence-electron chi connectivity index (χ1n) is 5.25. The highest BCUT2D eigenvalue weighted by Gasteiger charge is 2.03. The molecule has 0 radical (unpaired) electrons. The van der Waals surface area contributed by atoms with E-state index in [1.165, 1.54) is 16.7 Å². The smallest absolute Gasteiger partial charge is 0.0230 e. The monoisotopic (exact) mass is 191 g/mol. The molecule has 1 rings (SSSR count). The Balaban J connectivity index is 2.90. The van der Waals surface area contributed by atoms with E-state index in [0.29, 0.717) is 5.92 Å². The number of nitrogens with zero attached hydrogens (tertiary/aromatic N) is 1. The van der Waals surface area contributed by atoms with E-state index in [1.807, 2.05) is 0 Å². The molecule has 0 unspecified atom stereocenters. The third-order valence-corrected chi connectivity index (χ3v) is 2.52. The van der Waals surface area contributed by atoms with Gasteiger partial charge in [-0.25, -0.2) is 0 Å². The largest absolute Gasteiger partial charge is 0.305 e. The molecule has 14 heavy (non-hydrogen) atoms. The second kappa shape index (κ2) is 4.61. The lowest BCUT2D eigenvalue weighted by atomic mass is 9.98. The Hall–Kier alpha value is -0.820. The number of aryl methyl sites for hydroxylation is 1. The van der Waals surface area contributed by atoms with Crippen LogP contribution in [0.25, 0.3) is 0 Å². The second-order valence-corrected chi connectivity index (χ2v) is 4.58. The van der Waals surface area contributed by atoms with Gasteiger partial charge in [-0.1, -0.05) is 32.0 Å². The van der Waals surface area contributed by atoms with Crippen molar-refractivity contribution in [1.82, 2.24) is 4.90 Å². The minimum Gasteiger partial charge on any atom is -0.305 e. The molecule has 78 valence electrons. The summed E-state index contributed by atoms with van der Waals surface area (Å²) in [6.07, 6.45) is 0. The third-order valence-electron chi connectivity index (χ3n) is 2.52. The molecule has 0 N–H and O–H groups in total. The van der Waals surface area contributed by atoms with Crippen molar-refractivity contribution in [3.8, 4) is 0 Å². The first-order chi connectivity index (χ1) is 6.50. The van der Waals surface area contributed by atoms with Gasteiger partial charge in [-0.15, -0.1) is 0 Å². The highest BCUT2D eigenvalue weighted by Crippen LogP contribution is 2.18. The van der Waals surface area contributed by atoms with Crippen LogP contribution in [0.5, 0.6) is 0 Å². The lowest BCUT2D eigenvalue weighted by Crippen LogP contribution is -2.11. The molecule has 0 saturated carbocycles. The molecular formula is C13H21N. The number of benzene rings is 1. The van der Waals surface area contributed by atoms with Crippen LogP contribution in [0.4, 0.5) is 0 Å². The maximum Gasteiger partial charge on any atom is 0.0230 e. The van der Waals surface area contributed by atoms with Crippen LogP contribution in [0, 0.1) is 6.92 Å². The molecule has 0 fully saturated rings. The maximum atomic E-state index is 2.31. The van der Waals surface area contributed by atoms with Crippen LogP contribution in [-0.4, -0.2) is 19.0 Å². The fraction of sp³-hybridized carbons (Fsp3) is 0.538. The Morgan fingerprint density at radius 3 is 2.29 bits per heavy atom. The van der Waals surface area contributed by atoms with Crippen molar-refractivity contribution in [3.05, 3.63) is 34.9 Å². The van der Waals surface area contributed by atoms with Gasteiger partial charge >= 0.3 is 0 Å². The number of hydrogen-bond acceptors (Lipinski definition) is 1. The van der Waals surface area contributed by atoms with Crippen LogP contribution in [0.2, 0.25) is 0 Å². The lowest BCUT2D eigenvalue weighted by Gasteiger charge is -2.14. The van der Waals surface area contributed by atoms with Crippen LogP contribution in [-0.2, 0) is 6.54 Å². The van der Waals surface area contributed by atoms with Crippen LogP contribution in [0.3, 0.4) is 0 Å². The summed E-state index contributed by atoms with van der Waals surface area (Å²) in [5.74, 6) is 0.627. The molecule has 0 atom stereocenters. The van der Waals surface area contributed by atoms with Crippen molar-refractivity contribution >= 4 is 0 Å². The van der Waals surface area contributed by atoms with Crippen molar-refractivity contribution in [3.63, 3.8) is 0 Å². The minimum absolute atomic E-state index is 0.627. The van der Waals surface area contributed by atoms with E-state index in [4.69, 9.17) is 0 Å². The Labute approximate surface area is 87.7 Å². The van der Waals surface area contributed by atoms with Crippen molar-refractivity contribution in [2.75, 3.05) is 14.1 Å². The predicted molar refractivity (Wildman–Crippen MR) is 62.7 cm³/mol. The van der Waals surface area contributed by atoms with E-state index < -0.39 is 0 Å². The van der Waals surface area contributed by atoms with Crippen molar-refractivity contribution in [2.45, 2.75) is 33.2 Å². The summed E-state index contributed by atoms with van der Waals surface area (Å²) in [5.41, 5.74) is 4.27. The summed E-state index contributed by atoms with van der Waals surface area (Å²) in [6.45, 7) is 7.70. The van der Waals surface area contributed by atoms with Gasteiger partial charge in [0.2, 0.25) is 0 Å². The first kappa shape index (κ1) is 11.3. The summed E-state index contributed by atoms with van der Waals surface area (Å²) in [7, 11) is 4.21. The van der Waals surface area contributed by atoms with E-state index in [0.717, 1.165) is 6.54 Å². The Bertz CT molecular complexity index is 300. The standard InChI is InChI=1S/C13H21N/c1-10(2)12-6-7-13(9-14(4)5)11(3)8-12/h6-8,10H,9H2,1-5H3. The van der Waals surface area contributed by atoms with Crippen LogP contribution in [0.15, 0.2) is 18.2 Å².